The molecule has 0 radical (unpaired) electrons. The summed E-state index contributed by atoms with van der Waals surface area (Å²) in [6.07, 6.45) is -3.35. The fourth-order valence-electron chi connectivity index (χ4n) is 1.81. The van der Waals surface area contributed by atoms with Gasteiger partial charge in [0.1, 0.15) is 18.1 Å². The molecule has 1 N–H and O–H groups in total. The van der Waals surface area contributed by atoms with Gasteiger partial charge in [-0.25, -0.2) is 0 Å². The van der Waals surface area contributed by atoms with Crippen molar-refractivity contribution in [2.24, 2.45) is 5.16 Å². The van der Waals surface area contributed by atoms with E-state index in [0.717, 1.165) is 11.8 Å². The first kappa shape index (κ1) is 16.7. The van der Waals surface area contributed by atoms with E-state index in [0.29, 0.717) is 11.3 Å². The van der Waals surface area contributed by atoms with Crippen LogP contribution in [0.15, 0.2) is 53.7 Å². The van der Waals surface area contributed by atoms with Crippen molar-refractivity contribution in [3.8, 4) is 11.5 Å². The second-order valence-electron chi connectivity index (χ2n) is 4.62. The standard InChI is InChI=1S/C16H14F3NO3/c17-16(18,19)11-23-14-6-7-15(13(8-14)9-20-21)22-10-12-4-2-1-3-5-12/h1-9,21H,10-11H2. The maximum atomic E-state index is 12.2. The first-order valence-electron chi connectivity index (χ1n) is 6.66. The van der Waals surface area contributed by atoms with Crippen molar-refractivity contribution >= 4 is 6.21 Å². The minimum absolute atomic E-state index is 0.00397. The maximum absolute atomic E-state index is 12.2. The lowest BCUT2D eigenvalue weighted by Gasteiger charge is -2.12. The Morgan fingerprint density at radius 3 is 2.43 bits per heavy atom. The van der Waals surface area contributed by atoms with Crippen molar-refractivity contribution in [3.63, 3.8) is 0 Å². The number of halogens is 3. The second-order valence-corrected chi connectivity index (χ2v) is 4.62. The monoisotopic (exact) mass is 325 g/mol. The Hall–Kier alpha value is -2.70. The van der Waals surface area contributed by atoms with E-state index in [4.69, 9.17) is 9.94 Å². The van der Waals surface area contributed by atoms with Crippen LogP contribution in [-0.2, 0) is 6.61 Å². The zero-order chi connectivity index (χ0) is 16.7. The molecule has 2 aromatic carbocycles. The van der Waals surface area contributed by atoms with Gasteiger partial charge in [0.05, 0.1) is 6.21 Å². The molecule has 2 rings (SSSR count). The van der Waals surface area contributed by atoms with Crippen molar-refractivity contribution in [1.82, 2.24) is 0 Å². The largest absolute Gasteiger partial charge is 0.488 e. The molecule has 4 nitrogen and oxygen atoms in total. The van der Waals surface area contributed by atoms with Gasteiger partial charge in [0.15, 0.2) is 6.61 Å². The Kier molecular flexibility index (Phi) is 5.46. The highest BCUT2D eigenvalue weighted by Gasteiger charge is 2.28. The van der Waals surface area contributed by atoms with E-state index in [-0.39, 0.29) is 12.4 Å². The van der Waals surface area contributed by atoms with E-state index in [1.165, 1.54) is 18.2 Å². The molecule has 7 heteroatoms. The third kappa shape index (κ3) is 5.54. The van der Waals surface area contributed by atoms with E-state index in [1.54, 1.807) is 0 Å². The topological polar surface area (TPSA) is 51.1 Å². The van der Waals surface area contributed by atoms with Crippen molar-refractivity contribution in [1.29, 1.82) is 0 Å². The van der Waals surface area contributed by atoms with Crippen LogP contribution in [0.4, 0.5) is 13.2 Å². The number of alkyl halides is 3. The molecule has 0 unspecified atom stereocenters. The first-order valence-corrected chi connectivity index (χ1v) is 6.66. The van der Waals surface area contributed by atoms with Gasteiger partial charge < -0.3 is 14.7 Å². The summed E-state index contributed by atoms with van der Waals surface area (Å²) in [6, 6.07) is 13.5. The van der Waals surface area contributed by atoms with Crippen molar-refractivity contribution < 1.29 is 27.9 Å². The van der Waals surface area contributed by atoms with Crippen LogP contribution >= 0.6 is 0 Å². The molecule has 0 aliphatic rings. The minimum atomic E-state index is -4.42. The number of nitrogens with zero attached hydrogens (tertiary/aromatic N) is 1. The molecule has 23 heavy (non-hydrogen) atoms. The highest BCUT2D eigenvalue weighted by atomic mass is 19.4. The molecular formula is C16H14F3NO3. The summed E-state index contributed by atoms with van der Waals surface area (Å²) in [6.45, 7) is -1.12. The summed E-state index contributed by atoms with van der Waals surface area (Å²) < 4.78 is 46.7. The van der Waals surface area contributed by atoms with Gasteiger partial charge in [0, 0.05) is 5.56 Å². The van der Waals surface area contributed by atoms with Gasteiger partial charge in [0.2, 0.25) is 0 Å². The molecule has 0 saturated carbocycles. The van der Waals surface area contributed by atoms with Gasteiger partial charge in [-0.2, -0.15) is 13.2 Å². The Labute approximate surface area is 130 Å². The number of hydrogen-bond donors (Lipinski definition) is 1. The van der Waals surface area contributed by atoms with Crippen LogP contribution in [0, 0.1) is 0 Å². The number of benzene rings is 2. The average Bonchev–Trinajstić information content (AvgIpc) is 2.52. The molecule has 0 fully saturated rings. The number of rotatable bonds is 6. The van der Waals surface area contributed by atoms with E-state index in [1.807, 2.05) is 30.3 Å². The SMILES string of the molecule is ON=Cc1cc(OCC(F)(F)F)ccc1OCc1ccccc1. The normalized spacial score (nSPS) is 11.6. The summed E-state index contributed by atoms with van der Waals surface area (Å²) in [5.74, 6) is 0.371. The lowest BCUT2D eigenvalue weighted by atomic mass is 10.2. The van der Waals surface area contributed by atoms with Gasteiger partial charge in [0.25, 0.3) is 0 Å². The molecule has 0 atom stereocenters. The van der Waals surface area contributed by atoms with Crippen LogP contribution in [0.2, 0.25) is 0 Å². The van der Waals surface area contributed by atoms with Gasteiger partial charge in [-0.05, 0) is 23.8 Å². The zero-order valence-electron chi connectivity index (χ0n) is 12.0. The molecule has 0 spiro atoms. The van der Waals surface area contributed by atoms with Gasteiger partial charge >= 0.3 is 6.18 Å². The second kappa shape index (κ2) is 7.53. The van der Waals surface area contributed by atoms with E-state index < -0.39 is 12.8 Å². The average molecular weight is 325 g/mol. The van der Waals surface area contributed by atoms with Crippen LogP contribution in [-0.4, -0.2) is 24.2 Å². The molecule has 122 valence electrons. The number of hydrogen-bond acceptors (Lipinski definition) is 4. The van der Waals surface area contributed by atoms with E-state index >= 15 is 0 Å². The summed E-state index contributed by atoms with van der Waals surface area (Å²) in [7, 11) is 0. The lowest BCUT2D eigenvalue weighted by molar-refractivity contribution is -0.153. The quantitative estimate of drug-likeness (QED) is 0.496. The maximum Gasteiger partial charge on any atom is 0.422 e. The van der Waals surface area contributed by atoms with Crippen LogP contribution in [0.1, 0.15) is 11.1 Å². The number of oxime groups is 1. The Morgan fingerprint density at radius 1 is 1.04 bits per heavy atom. The molecule has 2 aromatic rings. The molecule has 0 aromatic heterocycles. The first-order chi connectivity index (χ1) is 11.0. The Morgan fingerprint density at radius 2 is 1.78 bits per heavy atom. The zero-order valence-corrected chi connectivity index (χ0v) is 12.0. The van der Waals surface area contributed by atoms with Gasteiger partial charge in [-0.1, -0.05) is 35.5 Å². The molecule has 0 aliphatic heterocycles. The van der Waals surface area contributed by atoms with E-state index in [9.17, 15) is 13.2 Å². The predicted octanol–water partition coefficient (Wildman–Crippen LogP) is 4.01. The Balaban J connectivity index is 2.10. The molecule has 0 amide bonds. The molecule has 0 saturated heterocycles. The van der Waals surface area contributed by atoms with Gasteiger partial charge in [-0.3, -0.25) is 0 Å². The highest BCUT2D eigenvalue weighted by molar-refractivity contribution is 5.83. The minimum Gasteiger partial charge on any atom is -0.488 e. The molecular weight excluding hydrogens is 311 g/mol. The number of ether oxygens (including phenoxy) is 2. The van der Waals surface area contributed by atoms with E-state index in [2.05, 4.69) is 9.89 Å². The third-order valence-electron chi connectivity index (χ3n) is 2.82. The Bertz CT molecular complexity index is 657. The van der Waals surface area contributed by atoms with Crippen LogP contribution in [0.25, 0.3) is 0 Å². The smallest absolute Gasteiger partial charge is 0.422 e. The van der Waals surface area contributed by atoms with Crippen molar-refractivity contribution in [2.75, 3.05) is 6.61 Å². The van der Waals surface area contributed by atoms with Gasteiger partial charge in [-0.15, -0.1) is 0 Å². The predicted molar refractivity (Wildman–Crippen MR) is 78.1 cm³/mol. The van der Waals surface area contributed by atoms with Crippen LogP contribution in [0.3, 0.4) is 0 Å². The summed E-state index contributed by atoms with van der Waals surface area (Å²) >= 11 is 0. The van der Waals surface area contributed by atoms with Crippen LogP contribution < -0.4 is 9.47 Å². The molecule has 0 heterocycles. The fraction of sp³-hybridized carbons (Fsp3) is 0.188. The third-order valence-corrected chi connectivity index (χ3v) is 2.82. The van der Waals surface area contributed by atoms with Crippen molar-refractivity contribution in [3.05, 3.63) is 59.7 Å². The molecule has 0 aliphatic carbocycles. The summed E-state index contributed by atoms with van der Waals surface area (Å²) in [4.78, 5) is 0. The van der Waals surface area contributed by atoms with Crippen molar-refractivity contribution in [2.45, 2.75) is 12.8 Å². The highest BCUT2D eigenvalue weighted by Crippen LogP contribution is 2.25. The molecule has 0 bridgehead atoms. The summed E-state index contributed by atoms with van der Waals surface area (Å²) in [5, 5.41) is 11.6. The summed E-state index contributed by atoms with van der Waals surface area (Å²) in [5.41, 5.74) is 1.24. The fourth-order valence-corrected chi connectivity index (χ4v) is 1.81. The van der Waals surface area contributed by atoms with Crippen LogP contribution in [0.5, 0.6) is 11.5 Å². The lowest BCUT2D eigenvalue weighted by Crippen LogP contribution is -2.19.